The van der Waals surface area contributed by atoms with Crippen LogP contribution in [0.3, 0.4) is 0 Å². The van der Waals surface area contributed by atoms with Gasteiger partial charge in [-0.05, 0) is 6.07 Å². The van der Waals surface area contributed by atoms with Crippen LogP contribution in [-0.4, -0.2) is 56.5 Å². The minimum absolute atomic E-state index is 0.00427. The summed E-state index contributed by atoms with van der Waals surface area (Å²) in [5.74, 6) is -0.00427. The summed E-state index contributed by atoms with van der Waals surface area (Å²) in [5.41, 5.74) is 4.63. The average molecular weight is 353 g/mol. The van der Waals surface area contributed by atoms with Crippen molar-refractivity contribution in [2.24, 2.45) is 0 Å². The second-order valence-corrected chi connectivity index (χ2v) is 5.85. The maximum absolute atomic E-state index is 11.9. The minimum Gasteiger partial charge on any atom is -0.387 e. The number of phosphoric acid groups is 1. The molecule has 0 spiro atoms. The quantitative estimate of drug-likeness (QED) is 0.256. The van der Waals surface area contributed by atoms with E-state index < -0.39 is 44.7 Å². The number of anilines is 1. The summed E-state index contributed by atoms with van der Waals surface area (Å²) >= 11 is 0. The van der Waals surface area contributed by atoms with Gasteiger partial charge < -0.3 is 25.4 Å². The molecule has 2 rings (SSSR count). The summed E-state index contributed by atoms with van der Waals surface area (Å²) < 4.78 is 21.5. The molecule has 5 N–H and O–H groups in total. The van der Waals surface area contributed by atoms with Crippen molar-refractivity contribution in [3.63, 3.8) is 0 Å². The standard InChI is InChI=1S/C10H16N3O9P/c1-19-22-8-7(14)5(4-20-23(16,17)18)21-9(8)13-3-2-6(11)12-10(13)15/h2-3,5,7-9,14H,4H2,1H3,(H2,11,12,15)(H2,16,17,18)/t5-,7+,8-,9-/m1/s1. The first-order valence-electron chi connectivity index (χ1n) is 6.30. The van der Waals surface area contributed by atoms with Crippen LogP contribution in [0.2, 0.25) is 0 Å². The summed E-state index contributed by atoms with van der Waals surface area (Å²) in [5, 5.41) is 10.1. The molecule has 1 aliphatic heterocycles. The number of rotatable bonds is 6. The summed E-state index contributed by atoms with van der Waals surface area (Å²) in [6.07, 6.45) is -3.59. The van der Waals surface area contributed by atoms with Gasteiger partial charge >= 0.3 is 13.5 Å². The third-order valence-electron chi connectivity index (χ3n) is 3.05. The van der Waals surface area contributed by atoms with E-state index >= 15 is 0 Å². The van der Waals surface area contributed by atoms with E-state index in [0.717, 1.165) is 4.57 Å². The first kappa shape index (κ1) is 18.0. The molecule has 1 aromatic heterocycles. The second-order valence-electron chi connectivity index (χ2n) is 4.61. The van der Waals surface area contributed by atoms with Gasteiger partial charge in [0.2, 0.25) is 0 Å². The van der Waals surface area contributed by atoms with Gasteiger partial charge in [-0.1, -0.05) is 0 Å². The molecular weight excluding hydrogens is 337 g/mol. The van der Waals surface area contributed by atoms with E-state index in [4.69, 9.17) is 25.1 Å². The molecule has 4 atom stereocenters. The van der Waals surface area contributed by atoms with Crippen LogP contribution in [0.25, 0.3) is 0 Å². The molecule has 13 heteroatoms. The van der Waals surface area contributed by atoms with Gasteiger partial charge in [0.25, 0.3) is 0 Å². The molecule has 12 nitrogen and oxygen atoms in total. The summed E-state index contributed by atoms with van der Waals surface area (Å²) in [6, 6.07) is 1.33. The lowest BCUT2D eigenvalue weighted by atomic mass is 10.1. The molecule has 0 bridgehead atoms. The highest BCUT2D eigenvalue weighted by atomic mass is 31.2. The molecule has 130 valence electrons. The van der Waals surface area contributed by atoms with Crippen LogP contribution < -0.4 is 11.4 Å². The number of hydrogen-bond donors (Lipinski definition) is 4. The number of ether oxygens (including phenoxy) is 1. The molecule has 23 heavy (non-hydrogen) atoms. The summed E-state index contributed by atoms with van der Waals surface area (Å²) in [4.78, 5) is 42.2. The van der Waals surface area contributed by atoms with E-state index in [1.807, 2.05) is 0 Å². The maximum Gasteiger partial charge on any atom is 0.469 e. The Hall–Kier alpha value is -1.37. The van der Waals surface area contributed by atoms with Crippen LogP contribution in [0.5, 0.6) is 0 Å². The molecule has 1 aliphatic rings. The van der Waals surface area contributed by atoms with Crippen molar-refractivity contribution in [2.45, 2.75) is 24.5 Å². The molecule has 0 aliphatic carbocycles. The van der Waals surface area contributed by atoms with Crippen molar-refractivity contribution in [3.05, 3.63) is 22.7 Å². The zero-order valence-electron chi connectivity index (χ0n) is 11.9. The van der Waals surface area contributed by atoms with Gasteiger partial charge in [0, 0.05) is 6.20 Å². The zero-order valence-corrected chi connectivity index (χ0v) is 12.8. The maximum atomic E-state index is 11.9. The van der Waals surface area contributed by atoms with E-state index in [-0.39, 0.29) is 5.82 Å². The molecule has 0 amide bonds. The fourth-order valence-electron chi connectivity index (χ4n) is 2.08. The van der Waals surface area contributed by atoms with Crippen molar-refractivity contribution >= 4 is 13.6 Å². The third-order valence-corrected chi connectivity index (χ3v) is 3.54. The Morgan fingerprint density at radius 3 is 2.78 bits per heavy atom. The molecule has 1 saturated heterocycles. The van der Waals surface area contributed by atoms with Crippen LogP contribution in [0.1, 0.15) is 6.23 Å². The van der Waals surface area contributed by atoms with Gasteiger partial charge in [0.1, 0.15) is 18.0 Å². The highest BCUT2D eigenvalue weighted by Crippen LogP contribution is 2.38. The van der Waals surface area contributed by atoms with Gasteiger partial charge in [-0.15, -0.1) is 0 Å². The van der Waals surface area contributed by atoms with Crippen LogP contribution in [0.4, 0.5) is 5.82 Å². The van der Waals surface area contributed by atoms with Crippen molar-refractivity contribution < 1.29 is 38.5 Å². The molecule has 1 aromatic rings. The number of phosphoric ester groups is 1. The van der Waals surface area contributed by atoms with Crippen molar-refractivity contribution in [1.82, 2.24) is 9.55 Å². The SMILES string of the molecule is COO[C@@H]1[C@@H](O)[C@@H](COP(=O)(O)O)O[C@H]1n1ccc(N)nc1=O. The highest BCUT2D eigenvalue weighted by Gasteiger charge is 2.47. The summed E-state index contributed by atoms with van der Waals surface area (Å²) in [7, 11) is -3.56. The minimum atomic E-state index is -4.75. The Balaban J connectivity index is 2.23. The fraction of sp³-hybridized carbons (Fsp3) is 0.600. The lowest BCUT2D eigenvalue weighted by Crippen LogP contribution is -2.38. The number of aromatic nitrogens is 2. The zero-order chi connectivity index (χ0) is 17.2. The Morgan fingerprint density at radius 1 is 1.52 bits per heavy atom. The van der Waals surface area contributed by atoms with Crippen molar-refractivity contribution in [1.29, 1.82) is 0 Å². The summed E-state index contributed by atoms with van der Waals surface area (Å²) in [6.45, 7) is -0.622. The topological polar surface area (TPSA) is 176 Å². The van der Waals surface area contributed by atoms with Crippen LogP contribution in [-0.2, 0) is 23.6 Å². The van der Waals surface area contributed by atoms with E-state index in [2.05, 4.69) is 14.4 Å². The van der Waals surface area contributed by atoms with Crippen molar-refractivity contribution in [2.75, 3.05) is 19.5 Å². The van der Waals surface area contributed by atoms with E-state index in [1.165, 1.54) is 19.4 Å². The number of nitrogens with two attached hydrogens (primary N) is 1. The molecule has 0 unspecified atom stereocenters. The lowest BCUT2D eigenvalue weighted by molar-refractivity contribution is -0.327. The number of aliphatic hydroxyl groups is 1. The first-order valence-corrected chi connectivity index (χ1v) is 7.83. The van der Waals surface area contributed by atoms with Gasteiger partial charge in [-0.25, -0.2) is 19.1 Å². The van der Waals surface area contributed by atoms with Gasteiger partial charge in [-0.3, -0.25) is 9.09 Å². The van der Waals surface area contributed by atoms with Gasteiger partial charge in [0.05, 0.1) is 13.7 Å². The monoisotopic (exact) mass is 353 g/mol. The van der Waals surface area contributed by atoms with Gasteiger partial charge in [0.15, 0.2) is 12.3 Å². The first-order chi connectivity index (χ1) is 10.7. The molecule has 0 saturated carbocycles. The smallest absolute Gasteiger partial charge is 0.387 e. The molecule has 1 fully saturated rings. The average Bonchev–Trinajstić information content (AvgIpc) is 2.74. The highest BCUT2D eigenvalue weighted by molar-refractivity contribution is 7.46. The van der Waals surface area contributed by atoms with E-state index in [9.17, 15) is 14.5 Å². The Bertz CT molecular complexity index is 647. The molecule has 2 heterocycles. The second kappa shape index (κ2) is 7.03. The predicted octanol–water partition coefficient (Wildman–Crippen LogP) is -1.86. The normalized spacial score (nSPS) is 28.2. The lowest BCUT2D eigenvalue weighted by Gasteiger charge is -2.19. The van der Waals surface area contributed by atoms with E-state index in [1.54, 1.807) is 0 Å². The van der Waals surface area contributed by atoms with Crippen LogP contribution in [0, 0.1) is 0 Å². The predicted molar refractivity (Wildman–Crippen MR) is 72.7 cm³/mol. The molecule has 0 aromatic carbocycles. The Kier molecular flexibility index (Phi) is 5.49. The van der Waals surface area contributed by atoms with Crippen LogP contribution in [0.15, 0.2) is 17.1 Å². The fourth-order valence-corrected chi connectivity index (χ4v) is 2.43. The number of aliphatic hydroxyl groups excluding tert-OH is 1. The Morgan fingerprint density at radius 2 is 2.22 bits per heavy atom. The third kappa shape index (κ3) is 4.34. The molecule has 0 radical (unpaired) electrons. The van der Waals surface area contributed by atoms with Crippen LogP contribution >= 0.6 is 7.82 Å². The molecular formula is C10H16N3O9P. The van der Waals surface area contributed by atoms with Crippen molar-refractivity contribution in [3.8, 4) is 0 Å². The number of nitrogens with zero attached hydrogens (tertiary/aromatic N) is 2. The largest absolute Gasteiger partial charge is 0.469 e. The van der Waals surface area contributed by atoms with Gasteiger partial charge in [-0.2, -0.15) is 4.98 Å². The number of hydrogen-bond acceptors (Lipinski definition) is 9. The number of nitrogen functional groups attached to an aromatic ring is 1. The Labute approximate surface area is 129 Å². The van der Waals surface area contributed by atoms with E-state index in [0.29, 0.717) is 0 Å².